The van der Waals surface area contributed by atoms with Crippen molar-refractivity contribution in [3.8, 4) is 11.5 Å². The molecule has 1 fully saturated rings. The third-order valence-electron chi connectivity index (χ3n) is 4.52. The van der Waals surface area contributed by atoms with E-state index in [1.807, 2.05) is 24.3 Å². The zero-order chi connectivity index (χ0) is 19.0. The predicted molar refractivity (Wildman–Crippen MR) is 108 cm³/mol. The average Bonchev–Trinajstić information content (AvgIpc) is 3.06. The molecular weight excluding hydrogens is 480 g/mol. The minimum Gasteiger partial charge on any atom is -0.486 e. The molecule has 2 aliphatic heterocycles. The van der Waals surface area contributed by atoms with E-state index in [1.165, 1.54) is 0 Å². The smallest absolute Gasteiger partial charge is 0.229 e. The number of ether oxygens (including phenoxy) is 2. The summed E-state index contributed by atoms with van der Waals surface area (Å²) in [7, 11) is 0. The van der Waals surface area contributed by atoms with Gasteiger partial charge in [0.15, 0.2) is 11.5 Å². The zero-order valence-electron chi connectivity index (χ0n) is 14.2. The largest absolute Gasteiger partial charge is 0.486 e. The molecule has 0 bridgehead atoms. The third-order valence-corrected chi connectivity index (χ3v) is 5.70. The number of benzene rings is 2. The maximum atomic E-state index is 12.7. The molecule has 1 saturated heterocycles. The van der Waals surface area contributed by atoms with Crippen LogP contribution in [0.5, 0.6) is 11.5 Å². The number of nitrogens with zero attached hydrogens (tertiary/aromatic N) is 1. The van der Waals surface area contributed by atoms with Crippen LogP contribution in [0.4, 0.5) is 11.4 Å². The van der Waals surface area contributed by atoms with Crippen molar-refractivity contribution < 1.29 is 19.1 Å². The van der Waals surface area contributed by atoms with Crippen molar-refractivity contribution in [3.63, 3.8) is 0 Å². The number of carbonyl (C=O) groups is 2. The second-order valence-corrected chi connectivity index (χ2v) is 8.12. The quantitative estimate of drug-likeness (QED) is 0.699. The molecule has 0 aromatic heterocycles. The van der Waals surface area contributed by atoms with Crippen molar-refractivity contribution in [1.82, 2.24) is 0 Å². The fourth-order valence-corrected chi connectivity index (χ4v) is 3.87. The molecular formula is C19H16Br2N2O4. The van der Waals surface area contributed by atoms with Gasteiger partial charge in [-0.15, -0.1) is 0 Å². The summed E-state index contributed by atoms with van der Waals surface area (Å²) in [6, 6.07) is 10.9. The number of fused-ring (bicyclic) bond motifs is 1. The highest BCUT2D eigenvalue weighted by molar-refractivity contribution is 9.11. The summed E-state index contributed by atoms with van der Waals surface area (Å²) in [6.07, 6.45) is 0.173. The van der Waals surface area contributed by atoms with E-state index in [2.05, 4.69) is 37.2 Å². The van der Waals surface area contributed by atoms with E-state index in [-0.39, 0.29) is 18.2 Å². The van der Waals surface area contributed by atoms with Gasteiger partial charge in [-0.25, -0.2) is 0 Å². The van der Waals surface area contributed by atoms with Crippen molar-refractivity contribution in [3.05, 3.63) is 45.3 Å². The van der Waals surface area contributed by atoms with E-state index < -0.39 is 5.92 Å². The lowest BCUT2D eigenvalue weighted by Crippen LogP contribution is -2.28. The Bertz CT molecular complexity index is 919. The van der Waals surface area contributed by atoms with E-state index >= 15 is 0 Å². The third kappa shape index (κ3) is 3.82. The molecule has 27 heavy (non-hydrogen) atoms. The van der Waals surface area contributed by atoms with Crippen LogP contribution in [0, 0.1) is 5.92 Å². The second-order valence-electron chi connectivity index (χ2n) is 6.35. The van der Waals surface area contributed by atoms with Gasteiger partial charge in [0.2, 0.25) is 11.8 Å². The summed E-state index contributed by atoms with van der Waals surface area (Å²) < 4.78 is 12.7. The van der Waals surface area contributed by atoms with Crippen LogP contribution < -0.4 is 19.7 Å². The number of hydrogen-bond acceptors (Lipinski definition) is 4. The predicted octanol–water partition coefficient (Wildman–Crippen LogP) is 3.97. The lowest BCUT2D eigenvalue weighted by Gasteiger charge is -2.22. The summed E-state index contributed by atoms with van der Waals surface area (Å²) in [6.45, 7) is 1.33. The highest BCUT2D eigenvalue weighted by Crippen LogP contribution is 2.36. The van der Waals surface area contributed by atoms with Gasteiger partial charge >= 0.3 is 0 Å². The Hall–Kier alpha value is -2.06. The second kappa shape index (κ2) is 7.52. The summed E-state index contributed by atoms with van der Waals surface area (Å²) in [5.41, 5.74) is 1.38. The van der Waals surface area contributed by atoms with E-state index in [4.69, 9.17) is 9.47 Å². The molecule has 2 aromatic carbocycles. The average molecular weight is 496 g/mol. The van der Waals surface area contributed by atoms with E-state index in [9.17, 15) is 9.59 Å². The first-order valence-corrected chi connectivity index (χ1v) is 10.1. The molecule has 8 heteroatoms. The van der Waals surface area contributed by atoms with Crippen LogP contribution >= 0.6 is 31.9 Å². The first-order valence-electron chi connectivity index (χ1n) is 8.47. The van der Waals surface area contributed by atoms with Crippen LogP contribution in [0.3, 0.4) is 0 Å². The van der Waals surface area contributed by atoms with Crippen molar-refractivity contribution in [2.24, 2.45) is 5.92 Å². The summed E-state index contributed by atoms with van der Waals surface area (Å²) in [5, 5.41) is 2.90. The van der Waals surface area contributed by atoms with E-state index in [1.54, 1.807) is 17.0 Å². The van der Waals surface area contributed by atoms with Crippen LogP contribution in [0.15, 0.2) is 45.3 Å². The molecule has 2 amide bonds. The summed E-state index contributed by atoms with van der Waals surface area (Å²) in [4.78, 5) is 26.8. The zero-order valence-corrected chi connectivity index (χ0v) is 17.4. The maximum absolute atomic E-state index is 12.7. The monoisotopic (exact) mass is 494 g/mol. The first-order chi connectivity index (χ1) is 13.0. The number of nitrogens with one attached hydrogen (secondary N) is 1. The molecule has 4 rings (SSSR count). The van der Waals surface area contributed by atoms with Gasteiger partial charge in [0.05, 0.1) is 11.6 Å². The fourth-order valence-electron chi connectivity index (χ4n) is 3.16. The number of anilines is 2. The molecule has 2 aromatic rings. The molecule has 0 aliphatic carbocycles. The SMILES string of the molecule is O=C(Nc1cc(Br)ccc1Br)C1CC(=O)N(c2ccc3c(c2)OCCO3)C1. The van der Waals surface area contributed by atoms with Gasteiger partial charge < -0.3 is 19.7 Å². The van der Waals surface area contributed by atoms with Crippen LogP contribution in [-0.4, -0.2) is 31.6 Å². The molecule has 2 heterocycles. The van der Waals surface area contributed by atoms with Gasteiger partial charge in [0.1, 0.15) is 13.2 Å². The molecule has 6 nitrogen and oxygen atoms in total. The Morgan fingerprint density at radius 1 is 1.07 bits per heavy atom. The topological polar surface area (TPSA) is 67.9 Å². The summed E-state index contributed by atoms with van der Waals surface area (Å²) in [5.74, 6) is 0.613. The molecule has 0 saturated carbocycles. The number of halogens is 2. The van der Waals surface area contributed by atoms with E-state index in [0.717, 1.165) is 8.95 Å². The standard InChI is InChI=1S/C19H16Br2N2O4/c20-12-1-3-14(21)15(8-12)22-19(25)11-7-18(24)23(10-11)13-2-4-16-17(9-13)27-6-5-26-16/h1-4,8-9,11H,5-7,10H2,(H,22,25). The van der Waals surface area contributed by atoms with Gasteiger partial charge in [0, 0.05) is 33.7 Å². The number of hydrogen-bond donors (Lipinski definition) is 1. The van der Waals surface area contributed by atoms with Crippen LogP contribution in [-0.2, 0) is 9.59 Å². The van der Waals surface area contributed by atoms with Crippen molar-refractivity contribution in [2.45, 2.75) is 6.42 Å². The maximum Gasteiger partial charge on any atom is 0.229 e. The van der Waals surface area contributed by atoms with Gasteiger partial charge in [-0.2, -0.15) is 0 Å². The minimum atomic E-state index is -0.420. The molecule has 2 aliphatic rings. The Morgan fingerprint density at radius 2 is 1.85 bits per heavy atom. The van der Waals surface area contributed by atoms with Crippen LogP contribution in [0.25, 0.3) is 0 Å². The molecule has 1 N–H and O–H groups in total. The molecule has 1 unspecified atom stereocenters. The molecule has 140 valence electrons. The van der Waals surface area contributed by atoms with Crippen molar-refractivity contribution >= 4 is 55.0 Å². The Labute approximate surface area is 173 Å². The Morgan fingerprint density at radius 3 is 2.67 bits per heavy atom. The molecule has 0 radical (unpaired) electrons. The fraction of sp³-hybridized carbons (Fsp3) is 0.263. The van der Waals surface area contributed by atoms with Crippen molar-refractivity contribution in [2.75, 3.05) is 30.0 Å². The van der Waals surface area contributed by atoms with Crippen molar-refractivity contribution in [1.29, 1.82) is 0 Å². The number of carbonyl (C=O) groups excluding carboxylic acids is 2. The number of amides is 2. The molecule has 1 atom stereocenters. The van der Waals surface area contributed by atoms with Crippen LogP contribution in [0.2, 0.25) is 0 Å². The van der Waals surface area contributed by atoms with E-state index in [0.29, 0.717) is 42.6 Å². The van der Waals surface area contributed by atoms with Gasteiger partial charge in [-0.1, -0.05) is 15.9 Å². The van der Waals surface area contributed by atoms with Gasteiger partial charge in [-0.05, 0) is 46.3 Å². The minimum absolute atomic E-state index is 0.0832. The lowest BCUT2D eigenvalue weighted by molar-refractivity contribution is -0.122. The summed E-state index contributed by atoms with van der Waals surface area (Å²) >= 11 is 6.82. The number of rotatable bonds is 3. The highest BCUT2D eigenvalue weighted by Gasteiger charge is 2.35. The van der Waals surface area contributed by atoms with Crippen LogP contribution in [0.1, 0.15) is 6.42 Å². The Balaban J connectivity index is 1.49. The van der Waals surface area contributed by atoms with Gasteiger partial charge in [0.25, 0.3) is 0 Å². The normalized spacial score (nSPS) is 18.5. The lowest BCUT2D eigenvalue weighted by atomic mass is 10.1. The van der Waals surface area contributed by atoms with Gasteiger partial charge in [-0.3, -0.25) is 9.59 Å². The highest BCUT2D eigenvalue weighted by atomic mass is 79.9. The first kappa shape index (κ1) is 18.3. The Kier molecular flexibility index (Phi) is 5.10. The molecule has 0 spiro atoms.